The number of hydrogen-bond acceptors (Lipinski definition) is 10. The van der Waals surface area contributed by atoms with E-state index in [1.165, 1.54) is 26.4 Å². The fraction of sp³-hybridized carbons (Fsp3) is 0.348. The number of fused-ring (bicyclic) bond motifs is 1. The van der Waals surface area contributed by atoms with Gasteiger partial charge in [-0.25, -0.2) is 0 Å². The molecule has 10 heteroatoms. The van der Waals surface area contributed by atoms with Crippen LogP contribution in [0, 0.1) is 0 Å². The molecule has 5 atom stereocenters. The Bertz CT molecular complexity index is 1170. The van der Waals surface area contributed by atoms with Crippen molar-refractivity contribution in [2.24, 2.45) is 0 Å². The van der Waals surface area contributed by atoms with E-state index in [0.29, 0.717) is 11.3 Å². The molecule has 10 nitrogen and oxygen atoms in total. The number of aliphatic hydroxyl groups excluding tert-OH is 4. The van der Waals surface area contributed by atoms with Crippen LogP contribution in [-0.2, 0) is 4.74 Å². The maximum absolute atomic E-state index is 12.9. The van der Waals surface area contributed by atoms with Gasteiger partial charge in [0.1, 0.15) is 41.3 Å². The summed E-state index contributed by atoms with van der Waals surface area (Å²) in [6, 6.07) is 11.7. The summed E-state index contributed by atoms with van der Waals surface area (Å²) in [6.45, 7) is -0.613. The third-order valence-corrected chi connectivity index (χ3v) is 5.46. The number of hydrogen-bond donors (Lipinski definition) is 4. The molecule has 1 aromatic heterocycles. The molecule has 0 radical (unpaired) electrons. The second-order valence-corrected chi connectivity index (χ2v) is 7.47. The smallest absolute Gasteiger partial charge is 0.229 e. The number of ether oxygens (including phenoxy) is 4. The molecule has 0 unspecified atom stereocenters. The van der Waals surface area contributed by atoms with Crippen LogP contribution in [-0.4, -0.2) is 72.0 Å². The summed E-state index contributed by atoms with van der Waals surface area (Å²) in [5, 5.41) is 39.9. The van der Waals surface area contributed by atoms with E-state index < -0.39 is 37.3 Å². The Hall–Kier alpha value is -3.15. The van der Waals surface area contributed by atoms with Gasteiger partial charge in [-0.05, 0) is 0 Å². The summed E-state index contributed by atoms with van der Waals surface area (Å²) in [4.78, 5) is 12.9. The van der Waals surface area contributed by atoms with E-state index >= 15 is 0 Å². The summed E-state index contributed by atoms with van der Waals surface area (Å²) in [5.41, 5.74) is 0.338. The lowest BCUT2D eigenvalue weighted by atomic mass is 9.99. The van der Waals surface area contributed by atoms with E-state index in [2.05, 4.69) is 0 Å². The second-order valence-electron chi connectivity index (χ2n) is 7.47. The minimum absolute atomic E-state index is 0.0143. The van der Waals surface area contributed by atoms with Crippen LogP contribution in [0.15, 0.2) is 51.7 Å². The summed E-state index contributed by atoms with van der Waals surface area (Å²) in [6.07, 6.45) is -7.44. The van der Waals surface area contributed by atoms with E-state index in [-0.39, 0.29) is 33.6 Å². The maximum Gasteiger partial charge on any atom is 0.229 e. The third kappa shape index (κ3) is 4.14. The van der Waals surface area contributed by atoms with Crippen molar-refractivity contribution in [1.29, 1.82) is 0 Å². The zero-order valence-corrected chi connectivity index (χ0v) is 17.9. The molecular weight excluding hydrogens is 436 g/mol. The van der Waals surface area contributed by atoms with Crippen LogP contribution < -0.4 is 19.6 Å². The van der Waals surface area contributed by atoms with Gasteiger partial charge < -0.3 is 43.8 Å². The van der Waals surface area contributed by atoms with Crippen molar-refractivity contribution < 1.29 is 43.8 Å². The lowest BCUT2D eigenvalue weighted by molar-refractivity contribution is -0.277. The standard InChI is InChI=1S/C23H24O10/c1-29-14-9-15(32-23-20(28)19(27)18(26)16(10-24)33-23)21(30-2)22-17(14)12(25)8-13(31-22)11-6-4-3-5-7-11/h3-9,16,18-20,23-24,26-28H,10H2,1-2H3/t16-,18-,19+,20-,23-/m1/s1. The second kappa shape index (κ2) is 9.38. The van der Waals surface area contributed by atoms with Crippen molar-refractivity contribution >= 4 is 11.0 Å². The minimum Gasteiger partial charge on any atom is -0.496 e. The zero-order valence-electron chi connectivity index (χ0n) is 17.9. The predicted molar refractivity (Wildman–Crippen MR) is 115 cm³/mol. The Morgan fingerprint density at radius 1 is 0.939 bits per heavy atom. The minimum atomic E-state index is -1.64. The summed E-state index contributed by atoms with van der Waals surface area (Å²) >= 11 is 0. The zero-order chi connectivity index (χ0) is 23.7. The first-order valence-electron chi connectivity index (χ1n) is 10.1. The van der Waals surface area contributed by atoms with Crippen LogP contribution >= 0.6 is 0 Å². The molecule has 0 saturated carbocycles. The quantitative estimate of drug-likeness (QED) is 0.413. The maximum atomic E-state index is 12.9. The molecule has 1 aliphatic heterocycles. The van der Waals surface area contributed by atoms with Crippen LogP contribution in [0.3, 0.4) is 0 Å². The third-order valence-electron chi connectivity index (χ3n) is 5.46. The van der Waals surface area contributed by atoms with Gasteiger partial charge in [0.15, 0.2) is 16.8 Å². The van der Waals surface area contributed by atoms with Gasteiger partial charge >= 0.3 is 0 Å². The largest absolute Gasteiger partial charge is 0.496 e. The van der Waals surface area contributed by atoms with E-state index in [1.807, 2.05) is 6.07 Å². The first kappa shape index (κ1) is 23.0. The van der Waals surface area contributed by atoms with Gasteiger partial charge in [0.25, 0.3) is 0 Å². The van der Waals surface area contributed by atoms with Crippen molar-refractivity contribution in [3.05, 3.63) is 52.7 Å². The van der Waals surface area contributed by atoms with Gasteiger partial charge in [-0.1, -0.05) is 30.3 Å². The molecule has 1 aliphatic rings. The molecule has 1 fully saturated rings. The normalized spacial score (nSPS) is 25.1. The average Bonchev–Trinajstić information content (AvgIpc) is 2.84. The Balaban J connectivity index is 1.84. The van der Waals surface area contributed by atoms with Crippen LogP contribution in [0.1, 0.15) is 0 Å². The highest BCUT2D eigenvalue weighted by Crippen LogP contribution is 2.42. The molecule has 1 saturated heterocycles. The summed E-state index contributed by atoms with van der Waals surface area (Å²) in [5.74, 6) is 0.425. The van der Waals surface area contributed by atoms with E-state index in [1.54, 1.807) is 24.3 Å². The highest BCUT2D eigenvalue weighted by atomic mass is 16.7. The highest BCUT2D eigenvalue weighted by molar-refractivity contribution is 5.92. The first-order chi connectivity index (χ1) is 15.9. The van der Waals surface area contributed by atoms with Gasteiger partial charge in [-0.2, -0.15) is 0 Å². The Morgan fingerprint density at radius 2 is 1.67 bits per heavy atom. The number of rotatable bonds is 6. The van der Waals surface area contributed by atoms with Crippen LogP contribution in [0.25, 0.3) is 22.3 Å². The lowest BCUT2D eigenvalue weighted by Gasteiger charge is -2.39. The molecule has 0 bridgehead atoms. The number of aliphatic hydroxyl groups is 4. The Kier molecular flexibility index (Phi) is 6.54. The van der Waals surface area contributed by atoms with Crippen molar-refractivity contribution in [1.82, 2.24) is 0 Å². The Morgan fingerprint density at radius 3 is 2.30 bits per heavy atom. The fourth-order valence-electron chi connectivity index (χ4n) is 3.73. The molecule has 2 heterocycles. The van der Waals surface area contributed by atoms with Crippen molar-refractivity contribution in [2.75, 3.05) is 20.8 Å². The summed E-state index contributed by atoms with van der Waals surface area (Å²) in [7, 11) is 2.71. The first-order valence-corrected chi connectivity index (χ1v) is 10.1. The van der Waals surface area contributed by atoms with Crippen LogP contribution in [0.2, 0.25) is 0 Å². The van der Waals surface area contributed by atoms with Crippen molar-refractivity contribution in [2.45, 2.75) is 30.7 Å². The van der Waals surface area contributed by atoms with E-state index in [4.69, 9.17) is 23.4 Å². The number of methoxy groups -OCH3 is 2. The fourth-order valence-corrected chi connectivity index (χ4v) is 3.73. The van der Waals surface area contributed by atoms with Crippen molar-refractivity contribution in [3.8, 4) is 28.6 Å². The molecule has 0 aliphatic carbocycles. The van der Waals surface area contributed by atoms with E-state index in [0.717, 1.165) is 0 Å². The molecule has 4 N–H and O–H groups in total. The average molecular weight is 460 g/mol. The Labute approximate surface area is 188 Å². The van der Waals surface area contributed by atoms with E-state index in [9.17, 15) is 25.2 Å². The summed E-state index contributed by atoms with van der Waals surface area (Å²) < 4.78 is 28.0. The molecular formula is C23H24O10. The molecule has 176 valence electrons. The molecule has 0 amide bonds. The highest BCUT2D eigenvalue weighted by Gasteiger charge is 2.45. The van der Waals surface area contributed by atoms with Crippen LogP contribution in [0.4, 0.5) is 0 Å². The molecule has 2 aromatic carbocycles. The molecule has 0 spiro atoms. The topological polar surface area (TPSA) is 148 Å². The van der Waals surface area contributed by atoms with Gasteiger partial charge in [0, 0.05) is 17.7 Å². The van der Waals surface area contributed by atoms with Gasteiger partial charge in [0.05, 0.1) is 20.8 Å². The van der Waals surface area contributed by atoms with Gasteiger partial charge in [0.2, 0.25) is 12.0 Å². The van der Waals surface area contributed by atoms with Gasteiger partial charge in [-0.3, -0.25) is 4.79 Å². The lowest BCUT2D eigenvalue weighted by Crippen LogP contribution is -2.60. The van der Waals surface area contributed by atoms with Crippen molar-refractivity contribution in [3.63, 3.8) is 0 Å². The molecule has 4 rings (SSSR count). The number of benzene rings is 2. The SMILES string of the molecule is COc1c(O[C@@H]2O[C@H](CO)[C@@H](O)[C@H](O)[C@H]2O)cc(OC)c2c(=O)cc(-c3ccccc3)oc12. The monoisotopic (exact) mass is 460 g/mol. The van der Waals surface area contributed by atoms with Crippen LogP contribution in [0.5, 0.6) is 17.2 Å². The molecule has 33 heavy (non-hydrogen) atoms. The predicted octanol–water partition coefficient (Wildman–Crippen LogP) is 0.656. The molecule has 3 aromatic rings. The van der Waals surface area contributed by atoms with Gasteiger partial charge in [-0.15, -0.1) is 0 Å².